The van der Waals surface area contributed by atoms with E-state index < -0.39 is 17.8 Å². The molecule has 0 unspecified atom stereocenters. The Kier molecular flexibility index (Phi) is 2.53. The zero-order valence-electron chi connectivity index (χ0n) is 8.25. The molecule has 0 atom stereocenters. The fourth-order valence-corrected chi connectivity index (χ4v) is 1.39. The smallest absolute Gasteiger partial charge is 0.380 e. The van der Waals surface area contributed by atoms with Crippen LogP contribution in [-0.4, -0.2) is 5.16 Å². The van der Waals surface area contributed by atoms with Crippen molar-refractivity contribution in [1.82, 2.24) is 5.16 Å². The number of anilines is 1. The lowest BCUT2D eigenvalue weighted by Crippen LogP contribution is -2.05. The van der Waals surface area contributed by atoms with Crippen molar-refractivity contribution in [2.45, 2.75) is 6.18 Å². The predicted molar refractivity (Wildman–Crippen MR) is 51.3 cm³/mol. The van der Waals surface area contributed by atoms with Gasteiger partial charge in [0.05, 0.1) is 5.56 Å². The normalized spacial score (nSPS) is 11.8. The number of nitrogen functional groups attached to an aromatic ring is 1. The summed E-state index contributed by atoms with van der Waals surface area (Å²) in [5.41, 5.74) is 5.03. The van der Waals surface area contributed by atoms with Gasteiger partial charge in [0, 0.05) is 0 Å². The summed E-state index contributed by atoms with van der Waals surface area (Å²) >= 11 is 0. The highest BCUT2D eigenvalue weighted by atomic mass is 19.4. The van der Waals surface area contributed by atoms with Gasteiger partial charge in [-0.1, -0.05) is 17.3 Å². The van der Waals surface area contributed by atoms with Crippen molar-refractivity contribution in [2.75, 3.05) is 5.73 Å². The van der Waals surface area contributed by atoms with Crippen LogP contribution in [0.25, 0.3) is 11.1 Å². The van der Waals surface area contributed by atoms with Crippen molar-refractivity contribution >= 4 is 5.82 Å². The second-order valence-corrected chi connectivity index (χ2v) is 3.28. The number of alkyl halides is 3. The Hall–Kier alpha value is -2.05. The second-order valence-electron chi connectivity index (χ2n) is 3.28. The molecule has 90 valence electrons. The lowest BCUT2D eigenvalue weighted by atomic mass is 10.1. The van der Waals surface area contributed by atoms with Crippen LogP contribution < -0.4 is 5.73 Å². The molecule has 0 amide bonds. The maximum absolute atomic E-state index is 12.7. The number of hydrogen-bond acceptors (Lipinski definition) is 3. The molecule has 0 aliphatic heterocycles. The van der Waals surface area contributed by atoms with Gasteiger partial charge in [0.1, 0.15) is 5.82 Å². The zero-order chi connectivity index (χ0) is 12.6. The van der Waals surface area contributed by atoms with Crippen LogP contribution in [0, 0.1) is 5.82 Å². The minimum atomic E-state index is -4.70. The highest BCUT2D eigenvalue weighted by Gasteiger charge is 2.40. The first-order valence-corrected chi connectivity index (χ1v) is 4.48. The average molecular weight is 246 g/mol. The first-order chi connectivity index (χ1) is 7.89. The first-order valence-electron chi connectivity index (χ1n) is 4.48. The summed E-state index contributed by atoms with van der Waals surface area (Å²) in [4.78, 5) is 0. The number of nitrogens with two attached hydrogens (primary N) is 1. The third kappa shape index (κ3) is 2.08. The zero-order valence-corrected chi connectivity index (χ0v) is 8.25. The van der Waals surface area contributed by atoms with Crippen LogP contribution in [0.1, 0.15) is 5.76 Å². The molecule has 0 fully saturated rings. The van der Waals surface area contributed by atoms with E-state index in [-0.39, 0.29) is 16.9 Å². The topological polar surface area (TPSA) is 52.0 Å². The summed E-state index contributed by atoms with van der Waals surface area (Å²) in [6.07, 6.45) is -4.70. The Bertz CT molecular complexity index is 530. The van der Waals surface area contributed by atoms with Crippen LogP contribution >= 0.6 is 0 Å². The fourth-order valence-electron chi connectivity index (χ4n) is 1.39. The van der Waals surface area contributed by atoms with Gasteiger partial charge in [-0.3, -0.25) is 0 Å². The lowest BCUT2D eigenvalue weighted by molar-refractivity contribution is -0.154. The highest BCUT2D eigenvalue weighted by molar-refractivity contribution is 5.75. The van der Waals surface area contributed by atoms with Crippen molar-refractivity contribution in [3.8, 4) is 11.1 Å². The minimum Gasteiger partial charge on any atom is -0.380 e. The number of nitrogens with zero attached hydrogens (tertiary/aromatic N) is 1. The quantitative estimate of drug-likeness (QED) is 0.786. The van der Waals surface area contributed by atoms with Crippen molar-refractivity contribution in [2.24, 2.45) is 0 Å². The average Bonchev–Trinajstić information content (AvgIpc) is 2.61. The molecule has 7 heteroatoms. The number of hydrogen-bond donors (Lipinski definition) is 1. The van der Waals surface area contributed by atoms with E-state index in [9.17, 15) is 17.6 Å². The van der Waals surface area contributed by atoms with Gasteiger partial charge in [-0.15, -0.1) is 0 Å². The molecule has 1 heterocycles. The number of benzene rings is 1. The molecule has 17 heavy (non-hydrogen) atoms. The Labute approximate surface area is 92.8 Å². The number of rotatable bonds is 1. The molecular formula is C10H6F4N2O. The Morgan fingerprint density at radius 1 is 1.12 bits per heavy atom. The molecule has 2 aromatic rings. The standard InChI is InChI=1S/C10H6F4N2O/c11-6-3-1-5(2-4-6)7-8(10(12,13)14)17-16-9(7)15/h1-4H,(H2,15,16). The third-order valence-electron chi connectivity index (χ3n) is 2.11. The Morgan fingerprint density at radius 2 is 1.71 bits per heavy atom. The molecule has 2 rings (SSSR count). The Balaban J connectivity index is 2.59. The first kappa shape index (κ1) is 11.4. The van der Waals surface area contributed by atoms with E-state index in [4.69, 9.17) is 5.73 Å². The minimum absolute atomic E-state index is 0.0949. The lowest BCUT2D eigenvalue weighted by Gasteiger charge is -2.05. The molecule has 0 spiro atoms. The predicted octanol–water partition coefficient (Wildman–Crippen LogP) is 3.08. The molecule has 0 aliphatic carbocycles. The van der Waals surface area contributed by atoms with Gasteiger partial charge in [-0.25, -0.2) is 4.39 Å². The van der Waals surface area contributed by atoms with Gasteiger partial charge in [0.25, 0.3) is 0 Å². The van der Waals surface area contributed by atoms with E-state index in [2.05, 4.69) is 9.68 Å². The second kappa shape index (κ2) is 3.76. The third-order valence-corrected chi connectivity index (χ3v) is 2.11. The molecule has 0 aliphatic rings. The summed E-state index contributed by atoms with van der Waals surface area (Å²) in [5, 5.41) is 3.07. The van der Waals surface area contributed by atoms with Crippen molar-refractivity contribution in [3.05, 3.63) is 35.8 Å². The summed E-state index contributed by atoms with van der Waals surface area (Å²) in [6, 6.07) is 4.41. The molecule has 0 bridgehead atoms. The van der Waals surface area contributed by atoms with E-state index in [1.54, 1.807) is 0 Å². The van der Waals surface area contributed by atoms with Gasteiger partial charge in [-0.05, 0) is 17.7 Å². The van der Waals surface area contributed by atoms with E-state index in [1.165, 1.54) is 12.1 Å². The van der Waals surface area contributed by atoms with E-state index in [0.717, 1.165) is 12.1 Å². The fraction of sp³-hybridized carbons (Fsp3) is 0.100. The van der Waals surface area contributed by atoms with Crippen LogP contribution in [0.5, 0.6) is 0 Å². The molecule has 1 aromatic carbocycles. The van der Waals surface area contributed by atoms with Crippen molar-refractivity contribution in [1.29, 1.82) is 0 Å². The van der Waals surface area contributed by atoms with Crippen LogP contribution in [0.2, 0.25) is 0 Å². The number of aromatic nitrogens is 1. The van der Waals surface area contributed by atoms with E-state index >= 15 is 0 Å². The van der Waals surface area contributed by atoms with Crippen LogP contribution in [0.15, 0.2) is 28.8 Å². The molecule has 0 saturated heterocycles. The van der Waals surface area contributed by atoms with Gasteiger partial charge >= 0.3 is 6.18 Å². The van der Waals surface area contributed by atoms with Crippen LogP contribution in [-0.2, 0) is 6.18 Å². The maximum Gasteiger partial charge on any atom is 0.453 e. The largest absolute Gasteiger partial charge is 0.453 e. The number of halogens is 4. The van der Waals surface area contributed by atoms with Gasteiger partial charge in [0.2, 0.25) is 5.76 Å². The summed E-state index contributed by atoms with van der Waals surface area (Å²) < 4.78 is 54.5. The summed E-state index contributed by atoms with van der Waals surface area (Å²) in [5.74, 6) is -2.23. The summed E-state index contributed by atoms with van der Waals surface area (Å²) in [7, 11) is 0. The van der Waals surface area contributed by atoms with Gasteiger partial charge < -0.3 is 10.3 Å². The molecule has 1 aromatic heterocycles. The van der Waals surface area contributed by atoms with E-state index in [1.807, 2.05) is 0 Å². The van der Waals surface area contributed by atoms with Gasteiger partial charge in [0.15, 0.2) is 5.82 Å². The molecule has 0 radical (unpaired) electrons. The highest BCUT2D eigenvalue weighted by Crippen LogP contribution is 2.40. The molecule has 3 nitrogen and oxygen atoms in total. The molecule has 2 N–H and O–H groups in total. The van der Waals surface area contributed by atoms with Crippen molar-refractivity contribution in [3.63, 3.8) is 0 Å². The van der Waals surface area contributed by atoms with Gasteiger partial charge in [-0.2, -0.15) is 13.2 Å². The Morgan fingerprint density at radius 3 is 2.24 bits per heavy atom. The molecular weight excluding hydrogens is 240 g/mol. The van der Waals surface area contributed by atoms with Crippen LogP contribution in [0.3, 0.4) is 0 Å². The monoisotopic (exact) mass is 246 g/mol. The maximum atomic E-state index is 12.7. The van der Waals surface area contributed by atoms with Crippen LogP contribution in [0.4, 0.5) is 23.4 Å². The SMILES string of the molecule is Nc1noc(C(F)(F)F)c1-c1ccc(F)cc1. The van der Waals surface area contributed by atoms with E-state index in [0.29, 0.717) is 0 Å². The summed E-state index contributed by atoms with van der Waals surface area (Å²) in [6.45, 7) is 0. The molecule has 0 saturated carbocycles. The van der Waals surface area contributed by atoms with Crippen molar-refractivity contribution < 1.29 is 22.1 Å².